The number of carbonyl (C=O) groups excluding carboxylic acids is 1. The van der Waals surface area contributed by atoms with Crippen molar-refractivity contribution in [2.24, 2.45) is 5.73 Å². The number of nitrogens with two attached hydrogens (primary N) is 1. The topological polar surface area (TPSA) is 59.2 Å². The SMILES string of the molecule is CCCCCCCC(=O)N(CCCN)Cc1cccnc1. The minimum absolute atomic E-state index is 0.240. The van der Waals surface area contributed by atoms with Gasteiger partial charge >= 0.3 is 0 Å². The van der Waals surface area contributed by atoms with Gasteiger partial charge in [-0.3, -0.25) is 9.78 Å². The van der Waals surface area contributed by atoms with E-state index in [1.807, 2.05) is 23.2 Å². The molecule has 0 fully saturated rings. The van der Waals surface area contributed by atoms with Gasteiger partial charge in [0.15, 0.2) is 0 Å². The molecule has 2 N–H and O–H groups in total. The molecule has 0 aliphatic rings. The highest BCUT2D eigenvalue weighted by Gasteiger charge is 2.13. The zero-order chi connectivity index (χ0) is 15.3. The van der Waals surface area contributed by atoms with E-state index in [4.69, 9.17) is 5.73 Å². The minimum atomic E-state index is 0.240. The third kappa shape index (κ3) is 7.81. The highest BCUT2D eigenvalue weighted by atomic mass is 16.2. The lowest BCUT2D eigenvalue weighted by Crippen LogP contribution is -2.32. The van der Waals surface area contributed by atoms with Crippen molar-refractivity contribution in [3.8, 4) is 0 Å². The van der Waals surface area contributed by atoms with Gasteiger partial charge in [-0.15, -0.1) is 0 Å². The molecule has 0 spiro atoms. The molecule has 0 aliphatic heterocycles. The fourth-order valence-electron chi connectivity index (χ4n) is 2.32. The zero-order valence-corrected chi connectivity index (χ0v) is 13.3. The summed E-state index contributed by atoms with van der Waals surface area (Å²) in [5.74, 6) is 0.240. The van der Waals surface area contributed by atoms with E-state index in [1.165, 1.54) is 19.3 Å². The summed E-state index contributed by atoms with van der Waals surface area (Å²) in [6, 6.07) is 3.92. The van der Waals surface area contributed by atoms with Crippen molar-refractivity contribution in [3.63, 3.8) is 0 Å². The maximum absolute atomic E-state index is 12.4. The van der Waals surface area contributed by atoms with E-state index in [1.54, 1.807) is 6.20 Å². The Hall–Kier alpha value is -1.42. The van der Waals surface area contributed by atoms with E-state index in [9.17, 15) is 4.79 Å². The van der Waals surface area contributed by atoms with Crippen LogP contribution < -0.4 is 5.73 Å². The number of unbranched alkanes of at least 4 members (excludes halogenated alkanes) is 4. The standard InChI is InChI=1S/C17H29N3O/c1-2-3-4-5-6-10-17(21)20(13-8-11-18)15-16-9-7-12-19-14-16/h7,9,12,14H,2-6,8,10-11,13,15,18H2,1H3. The van der Waals surface area contributed by atoms with Crippen molar-refractivity contribution < 1.29 is 4.79 Å². The normalized spacial score (nSPS) is 10.6. The van der Waals surface area contributed by atoms with Gasteiger partial charge in [0, 0.05) is 31.9 Å². The van der Waals surface area contributed by atoms with Gasteiger partial charge < -0.3 is 10.6 Å². The molecule has 1 rings (SSSR count). The Balaban J connectivity index is 2.42. The highest BCUT2D eigenvalue weighted by Crippen LogP contribution is 2.10. The molecule has 21 heavy (non-hydrogen) atoms. The Morgan fingerprint density at radius 3 is 2.71 bits per heavy atom. The summed E-state index contributed by atoms with van der Waals surface area (Å²) < 4.78 is 0. The third-order valence-corrected chi connectivity index (χ3v) is 3.58. The molecule has 1 aromatic heterocycles. The van der Waals surface area contributed by atoms with E-state index < -0.39 is 0 Å². The van der Waals surface area contributed by atoms with Crippen molar-refractivity contribution in [2.75, 3.05) is 13.1 Å². The van der Waals surface area contributed by atoms with Crippen molar-refractivity contribution in [3.05, 3.63) is 30.1 Å². The average Bonchev–Trinajstić information content (AvgIpc) is 2.52. The molecule has 1 heterocycles. The van der Waals surface area contributed by atoms with E-state index in [0.29, 0.717) is 19.5 Å². The maximum Gasteiger partial charge on any atom is 0.222 e. The minimum Gasteiger partial charge on any atom is -0.338 e. The van der Waals surface area contributed by atoms with Crippen molar-refractivity contribution in [2.45, 2.75) is 58.4 Å². The molecule has 0 radical (unpaired) electrons. The number of nitrogens with zero attached hydrogens (tertiary/aromatic N) is 2. The van der Waals surface area contributed by atoms with Gasteiger partial charge in [-0.2, -0.15) is 0 Å². The van der Waals surface area contributed by atoms with Crippen LogP contribution in [0.15, 0.2) is 24.5 Å². The summed E-state index contributed by atoms with van der Waals surface area (Å²) in [5, 5.41) is 0. The molecular formula is C17H29N3O. The van der Waals surface area contributed by atoms with Crippen LogP contribution in [-0.4, -0.2) is 28.9 Å². The summed E-state index contributed by atoms with van der Waals surface area (Å²) in [7, 11) is 0. The van der Waals surface area contributed by atoms with Crippen LogP contribution in [0.3, 0.4) is 0 Å². The van der Waals surface area contributed by atoms with E-state index in [-0.39, 0.29) is 5.91 Å². The molecule has 1 aromatic rings. The molecule has 118 valence electrons. The number of hydrogen-bond donors (Lipinski definition) is 1. The molecular weight excluding hydrogens is 262 g/mol. The van der Waals surface area contributed by atoms with Gasteiger partial charge in [0.2, 0.25) is 5.91 Å². The second-order valence-corrected chi connectivity index (χ2v) is 5.48. The predicted molar refractivity (Wildman–Crippen MR) is 86.7 cm³/mol. The Morgan fingerprint density at radius 2 is 2.05 bits per heavy atom. The van der Waals surface area contributed by atoms with Crippen LogP contribution in [0.1, 0.15) is 57.4 Å². The first-order valence-corrected chi connectivity index (χ1v) is 8.14. The monoisotopic (exact) mass is 291 g/mol. The molecule has 4 nitrogen and oxygen atoms in total. The van der Waals surface area contributed by atoms with Gasteiger partial charge in [0.1, 0.15) is 0 Å². The van der Waals surface area contributed by atoms with Crippen LogP contribution in [-0.2, 0) is 11.3 Å². The first-order valence-electron chi connectivity index (χ1n) is 8.14. The summed E-state index contributed by atoms with van der Waals surface area (Å²) in [5.41, 5.74) is 6.65. The molecule has 0 saturated carbocycles. The lowest BCUT2D eigenvalue weighted by atomic mass is 10.1. The molecule has 1 amide bonds. The Kier molecular flexibility index (Phi) is 9.46. The second-order valence-electron chi connectivity index (χ2n) is 5.48. The fraction of sp³-hybridized carbons (Fsp3) is 0.647. The summed E-state index contributed by atoms with van der Waals surface area (Å²) in [6.45, 7) is 4.20. The fourth-order valence-corrected chi connectivity index (χ4v) is 2.32. The smallest absolute Gasteiger partial charge is 0.222 e. The van der Waals surface area contributed by atoms with Crippen LogP contribution in [0.4, 0.5) is 0 Å². The number of carbonyl (C=O) groups is 1. The van der Waals surface area contributed by atoms with E-state index in [2.05, 4.69) is 11.9 Å². The van der Waals surface area contributed by atoms with Crippen molar-refractivity contribution in [1.29, 1.82) is 0 Å². The third-order valence-electron chi connectivity index (χ3n) is 3.58. The lowest BCUT2D eigenvalue weighted by Gasteiger charge is -2.22. The van der Waals surface area contributed by atoms with Crippen molar-refractivity contribution in [1.82, 2.24) is 9.88 Å². The van der Waals surface area contributed by atoms with Crippen LogP contribution in [0, 0.1) is 0 Å². The Bertz CT molecular complexity index is 381. The van der Waals surface area contributed by atoms with Gasteiger partial charge in [-0.1, -0.05) is 38.7 Å². The summed E-state index contributed by atoms with van der Waals surface area (Å²) in [4.78, 5) is 18.4. The number of aromatic nitrogens is 1. The van der Waals surface area contributed by atoms with Crippen LogP contribution in [0.25, 0.3) is 0 Å². The molecule has 0 atom stereocenters. The summed E-state index contributed by atoms with van der Waals surface area (Å²) in [6.07, 6.45) is 10.9. The number of hydrogen-bond acceptors (Lipinski definition) is 3. The molecule has 0 bridgehead atoms. The molecule has 0 aliphatic carbocycles. The van der Waals surface area contributed by atoms with Gasteiger partial charge in [-0.25, -0.2) is 0 Å². The maximum atomic E-state index is 12.4. The summed E-state index contributed by atoms with van der Waals surface area (Å²) >= 11 is 0. The van der Waals surface area contributed by atoms with Crippen LogP contribution in [0.2, 0.25) is 0 Å². The second kappa shape index (κ2) is 11.3. The molecule has 4 heteroatoms. The number of pyridine rings is 1. The van der Waals surface area contributed by atoms with Gasteiger partial charge in [0.05, 0.1) is 0 Å². The zero-order valence-electron chi connectivity index (χ0n) is 13.3. The first-order chi connectivity index (χ1) is 10.3. The van der Waals surface area contributed by atoms with Gasteiger partial charge in [0.25, 0.3) is 0 Å². The van der Waals surface area contributed by atoms with E-state index in [0.717, 1.165) is 31.4 Å². The first kappa shape index (κ1) is 17.6. The molecule has 0 aromatic carbocycles. The lowest BCUT2D eigenvalue weighted by molar-refractivity contribution is -0.132. The van der Waals surface area contributed by atoms with Gasteiger partial charge in [-0.05, 0) is 31.0 Å². The van der Waals surface area contributed by atoms with E-state index >= 15 is 0 Å². The quantitative estimate of drug-likeness (QED) is 0.637. The number of amides is 1. The van der Waals surface area contributed by atoms with Crippen LogP contribution in [0.5, 0.6) is 0 Å². The molecule has 0 unspecified atom stereocenters. The predicted octanol–water partition coefficient (Wildman–Crippen LogP) is 3.12. The number of rotatable bonds is 11. The Morgan fingerprint density at radius 1 is 1.24 bits per heavy atom. The largest absolute Gasteiger partial charge is 0.338 e. The Labute approximate surface area is 128 Å². The average molecular weight is 291 g/mol. The van der Waals surface area contributed by atoms with Crippen LogP contribution >= 0.6 is 0 Å². The van der Waals surface area contributed by atoms with Crippen molar-refractivity contribution >= 4 is 5.91 Å². The molecule has 0 saturated heterocycles. The highest BCUT2D eigenvalue weighted by molar-refractivity contribution is 5.76.